The van der Waals surface area contributed by atoms with Crippen molar-refractivity contribution in [3.05, 3.63) is 36.2 Å². The van der Waals surface area contributed by atoms with Gasteiger partial charge in [-0.3, -0.25) is 4.79 Å². The zero-order chi connectivity index (χ0) is 22.8. The van der Waals surface area contributed by atoms with E-state index in [1.54, 1.807) is 0 Å². The zero-order valence-corrected chi connectivity index (χ0v) is 18.7. The number of nitrogens with one attached hydrogen (secondary N) is 2. The van der Waals surface area contributed by atoms with Crippen LogP contribution in [0.2, 0.25) is 0 Å². The number of imidazole rings is 1. The van der Waals surface area contributed by atoms with Gasteiger partial charge in [0, 0.05) is 23.8 Å². The first-order valence-electron chi connectivity index (χ1n) is 11.9. The Labute approximate surface area is 192 Å². The topological polar surface area (TPSA) is 131 Å². The standard InChI is InChI=1S/C24H31N7O2/c25-16-7-11-18(12-8-16)28-24-29-22(27-17-9-5-15(6-10-17)13-20(32)33)21-23(30-24)31(14-26-21)19-3-1-2-4-19/h5-6,9-10,14,16,18-19H,1-4,7-8,11-13,25H2,(H,32,33)(H2,27,28,29,30). The number of anilines is 3. The maximum atomic E-state index is 11.0. The van der Waals surface area contributed by atoms with E-state index in [4.69, 9.17) is 20.8 Å². The molecule has 2 aliphatic rings. The summed E-state index contributed by atoms with van der Waals surface area (Å²) in [4.78, 5) is 25.3. The molecule has 2 aromatic heterocycles. The molecule has 0 radical (unpaired) electrons. The fraction of sp³-hybridized carbons (Fsp3) is 0.500. The molecule has 1 aromatic carbocycles. The Morgan fingerprint density at radius 3 is 2.48 bits per heavy atom. The highest BCUT2D eigenvalue weighted by atomic mass is 16.4. The fourth-order valence-corrected chi connectivity index (χ4v) is 4.98. The smallest absolute Gasteiger partial charge is 0.307 e. The largest absolute Gasteiger partial charge is 0.481 e. The van der Waals surface area contributed by atoms with Crippen LogP contribution in [0.25, 0.3) is 11.2 Å². The lowest BCUT2D eigenvalue weighted by atomic mass is 9.92. The molecule has 3 aromatic rings. The lowest BCUT2D eigenvalue weighted by molar-refractivity contribution is -0.136. The highest BCUT2D eigenvalue weighted by Gasteiger charge is 2.24. The predicted molar refractivity (Wildman–Crippen MR) is 128 cm³/mol. The summed E-state index contributed by atoms with van der Waals surface area (Å²) in [5.74, 6) is 0.413. The molecular formula is C24H31N7O2. The summed E-state index contributed by atoms with van der Waals surface area (Å²) in [6, 6.07) is 8.40. The molecule has 0 spiro atoms. The van der Waals surface area contributed by atoms with Crippen LogP contribution < -0.4 is 16.4 Å². The van der Waals surface area contributed by atoms with Crippen molar-refractivity contribution >= 4 is 34.6 Å². The SMILES string of the molecule is NC1CCC(Nc2nc(Nc3ccc(CC(=O)O)cc3)c3ncn(C4CCCC4)c3n2)CC1. The number of aliphatic carboxylic acids is 1. The second kappa shape index (κ2) is 9.35. The second-order valence-corrected chi connectivity index (χ2v) is 9.31. The molecule has 9 nitrogen and oxygen atoms in total. The Morgan fingerprint density at radius 2 is 1.79 bits per heavy atom. The number of carbonyl (C=O) groups is 1. The highest BCUT2D eigenvalue weighted by Crippen LogP contribution is 2.34. The van der Waals surface area contributed by atoms with Crippen molar-refractivity contribution in [2.24, 2.45) is 5.73 Å². The summed E-state index contributed by atoms with van der Waals surface area (Å²) in [6.07, 6.45) is 10.7. The minimum atomic E-state index is -0.843. The predicted octanol–water partition coefficient (Wildman–Crippen LogP) is 3.99. The number of aromatic nitrogens is 4. The van der Waals surface area contributed by atoms with Gasteiger partial charge in [0.2, 0.25) is 5.95 Å². The Balaban J connectivity index is 1.45. The van der Waals surface area contributed by atoms with E-state index in [0.717, 1.165) is 60.9 Å². The van der Waals surface area contributed by atoms with E-state index in [9.17, 15) is 4.79 Å². The van der Waals surface area contributed by atoms with Crippen LogP contribution in [-0.2, 0) is 11.2 Å². The first-order chi connectivity index (χ1) is 16.0. The van der Waals surface area contributed by atoms with E-state index in [-0.39, 0.29) is 12.5 Å². The Hall–Kier alpha value is -3.20. The van der Waals surface area contributed by atoms with Crippen LogP contribution in [0.15, 0.2) is 30.6 Å². The van der Waals surface area contributed by atoms with Gasteiger partial charge >= 0.3 is 5.97 Å². The number of carboxylic acid groups (broad SMARTS) is 1. The lowest BCUT2D eigenvalue weighted by Gasteiger charge is -2.27. The number of hydrogen-bond acceptors (Lipinski definition) is 7. The summed E-state index contributed by atoms with van der Waals surface area (Å²) in [5, 5.41) is 15.9. The van der Waals surface area contributed by atoms with E-state index in [1.807, 2.05) is 30.6 Å². The maximum absolute atomic E-state index is 11.0. The van der Waals surface area contributed by atoms with Gasteiger partial charge in [-0.2, -0.15) is 9.97 Å². The monoisotopic (exact) mass is 449 g/mol. The lowest BCUT2D eigenvalue weighted by Crippen LogP contribution is -2.33. The van der Waals surface area contributed by atoms with Gasteiger partial charge in [-0.1, -0.05) is 25.0 Å². The van der Waals surface area contributed by atoms with Crippen LogP contribution in [0.5, 0.6) is 0 Å². The van der Waals surface area contributed by atoms with Gasteiger partial charge in [0.05, 0.1) is 12.7 Å². The van der Waals surface area contributed by atoms with Crippen molar-refractivity contribution in [3.8, 4) is 0 Å². The molecule has 5 N–H and O–H groups in total. The minimum absolute atomic E-state index is 0.00292. The number of benzene rings is 1. The minimum Gasteiger partial charge on any atom is -0.481 e. The molecular weight excluding hydrogens is 418 g/mol. The second-order valence-electron chi connectivity index (χ2n) is 9.31. The number of carboxylic acids is 1. The number of rotatable bonds is 7. The van der Waals surface area contributed by atoms with Gasteiger partial charge in [-0.05, 0) is 56.2 Å². The third kappa shape index (κ3) is 4.93. The molecule has 2 aliphatic carbocycles. The van der Waals surface area contributed by atoms with Crippen LogP contribution in [0.3, 0.4) is 0 Å². The van der Waals surface area contributed by atoms with Crippen LogP contribution in [0.1, 0.15) is 63.0 Å². The van der Waals surface area contributed by atoms with E-state index in [2.05, 4.69) is 20.2 Å². The van der Waals surface area contributed by atoms with Gasteiger partial charge < -0.3 is 26.0 Å². The molecule has 174 valence electrons. The molecule has 2 fully saturated rings. The quantitative estimate of drug-likeness (QED) is 0.426. The van der Waals surface area contributed by atoms with Crippen molar-refractivity contribution in [2.75, 3.05) is 10.6 Å². The number of nitrogens with two attached hydrogens (primary N) is 1. The van der Waals surface area contributed by atoms with Gasteiger partial charge in [0.25, 0.3) is 0 Å². The van der Waals surface area contributed by atoms with Crippen molar-refractivity contribution in [1.29, 1.82) is 0 Å². The Morgan fingerprint density at radius 1 is 1.06 bits per heavy atom. The molecule has 9 heteroatoms. The van der Waals surface area contributed by atoms with Crippen LogP contribution in [0.4, 0.5) is 17.5 Å². The summed E-state index contributed by atoms with van der Waals surface area (Å²) < 4.78 is 2.20. The van der Waals surface area contributed by atoms with Crippen molar-refractivity contribution in [1.82, 2.24) is 19.5 Å². The summed E-state index contributed by atoms with van der Waals surface area (Å²) in [6.45, 7) is 0. The van der Waals surface area contributed by atoms with E-state index in [0.29, 0.717) is 23.8 Å². The molecule has 0 saturated heterocycles. The average Bonchev–Trinajstić information content (AvgIpc) is 3.46. The number of nitrogens with zero attached hydrogens (tertiary/aromatic N) is 4. The van der Waals surface area contributed by atoms with Crippen molar-refractivity contribution in [2.45, 2.75) is 75.9 Å². The maximum Gasteiger partial charge on any atom is 0.307 e. The molecule has 0 unspecified atom stereocenters. The van der Waals surface area contributed by atoms with E-state index >= 15 is 0 Å². The number of fused-ring (bicyclic) bond motifs is 1. The van der Waals surface area contributed by atoms with Crippen LogP contribution >= 0.6 is 0 Å². The molecule has 2 heterocycles. The molecule has 0 bridgehead atoms. The zero-order valence-electron chi connectivity index (χ0n) is 18.7. The Kier molecular flexibility index (Phi) is 6.13. The van der Waals surface area contributed by atoms with E-state index in [1.165, 1.54) is 12.8 Å². The third-order valence-corrected chi connectivity index (χ3v) is 6.82. The van der Waals surface area contributed by atoms with Crippen LogP contribution in [-0.4, -0.2) is 42.7 Å². The van der Waals surface area contributed by atoms with Crippen molar-refractivity contribution < 1.29 is 9.90 Å². The summed E-state index contributed by atoms with van der Waals surface area (Å²) in [7, 11) is 0. The van der Waals surface area contributed by atoms with Crippen molar-refractivity contribution in [3.63, 3.8) is 0 Å². The van der Waals surface area contributed by atoms with Crippen LogP contribution in [0, 0.1) is 0 Å². The highest BCUT2D eigenvalue weighted by molar-refractivity contribution is 5.86. The Bertz CT molecular complexity index is 1110. The first kappa shape index (κ1) is 21.6. The summed E-state index contributed by atoms with van der Waals surface area (Å²) in [5.41, 5.74) is 9.24. The van der Waals surface area contributed by atoms with Gasteiger partial charge in [0.15, 0.2) is 17.0 Å². The van der Waals surface area contributed by atoms with Gasteiger partial charge in [-0.25, -0.2) is 4.98 Å². The number of hydrogen-bond donors (Lipinski definition) is 4. The molecule has 5 rings (SSSR count). The first-order valence-corrected chi connectivity index (χ1v) is 11.9. The summed E-state index contributed by atoms with van der Waals surface area (Å²) >= 11 is 0. The third-order valence-electron chi connectivity index (χ3n) is 6.82. The fourth-order valence-electron chi connectivity index (χ4n) is 4.98. The van der Waals surface area contributed by atoms with E-state index < -0.39 is 5.97 Å². The average molecular weight is 450 g/mol. The molecule has 2 saturated carbocycles. The van der Waals surface area contributed by atoms with Gasteiger partial charge in [0.1, 0.15) is 0 Å². The van der Waals surface area contributed by atoms with Gasteiger partial charge in [-0.15, -0.1) is 0 Å². The normalized spacial score (nSPS) is 21.4. The molecule has 0 aliphatic heterocycles. The molecule has 0 atom stereocenters. The molecule has 0 amide bonds. The molecule has 33 heavy (non-hydrogen) atoms.